The minimum absolute atomic E-state index is 0.0320. The molecular weight excluding hydrogens is 475 g/mol. The number of ether oxygens (including phenoxy) is 1. The summed E-state index contributed by atoms with van der Waals surface area (Å²) < 4.78 is 47.0. The minimum atomic E-state index is -1.17. The van der Waals surface area contributed by atoms with E-state index in [4.69, 9.17) is 4.74 Å². The second kappa shape index (κ2) is 10.3. The molecule has 2 unspecified atom stereocenters. The third kappa shape index (κ3) is 4.95. The van der Waals surface area contributed by atoms with Crippen LogP contribution in [0.15, 0.2) is 42.5 Å². The zero-order valence-electron chi connectivity index (χ0n) is 20.1. The van der Waals surface area contributed by atoms with Crippen LogP contribution in [0.2, 0.25) is 0 Å². The predicted molar refractivity (Wildman–Crippen MR) is 124 cm³/mol. The standard InChI is InChI=1S/C26H28F3N3O4/c1-3-16(2)30-23(33)22-15-36-26(32(22)24(34)17-4-6-18(27)7-5-17)10-12-31(13-11-26)25(35)20-9-8-19(28)14-21(20)29/h4-9,14,16,22H,3,10-13,15H2,1-2H3,(H,30,33). The Hall–Kier alpha value is -3.40. The quantitative estimate of drug-likeness (QED) is 0.678. The van der Waals surface area contributed by atoms with Crippen LogP contribution in [0, 0.1) is 17.5 Å². The number of halogens is 3. The monoisotopic (exact) mass is 503 g/mol. The summed E-state index contributed by atoms with van der Waals surface area (Å²) in [7, 11) is 0. The molecule has 2 fully saturated rings. The van der Waals surface area contributed by atoms with Crippen LogP contribution >= 0.6 is 0 Å². The summed E-state index contributed by atoms with van der Waals surface area (Å²) in [5, 5.41) is 2.89. The maximum absolute atomic E-state index is 14.2. The van der Waals surface area contributed by atoms with Crippen molar-refractivity contribution in [3.8, 4) is 0 Å². The average molecular weight is 504 g/mol. The number of rotatable bonds is 5. The summed E-state index contributed by atoms with van der Waals surface area (Å²) in [5.41, 5.74) is -1.21. The van der Waals surface area contributed by atoms with Crippen LogP contribution < -0.4 is 5.32 Å². The highest BCUT2D eigenvalue weighted by atomic mass is 19.1. The summed E-state index contributed by atoms with van der Waals surface area (Å²) >= 11 is 0. The Morgan fingerprint density at radius 3 is 2.28 bits per heavy atom. The second-order valence-electron chi connectivity index (χ2n) is 9.19. The first-order valence-electron chi connectivity index (χ1n) is 11.9. The number of piperidine rings is 1. The Morgan fingerprint density at radius 1 is 1.03 bits per heavy atom. The Morgan fingerprint density at radius 2 is 1.67 bits per heavy atom. The van der Waals surface area contributed by atoms with Crippen molar-refractivity contribution in [2.75, 3.05) is 19.7 Å². The van der Waals surface area contributed by atoms with Crippen LogP contribution in [0.5, 0.6) is 0 Å². The highest BCUT2D eigenvalue weighted by Crippen LogP contribution is 2.39. The molecule has 7 nitrogen and oxygen atoms in total. The van der Waals surface area contributed by atoms with E-state index in [9.17, 15) is 27.6 Å². The second-order valence-corrected chi connectivity index (χ2v) is 9.19. The lowest BCUT2D eigenvalue weighted by Gasteiger charge is -2.44. The lowest BCUT2D eigenvalue weighted by Crippen LogP contribution is -2.60. The molecule has 36 heavy (non-hydrogen) atoms. The fourth-order valence-electron chi connectivity index (χ4n) is 4.63. The molecule has 0 saturated carbocycles. The van der Waals surface area contributed by atoms with Crippen LogP contribution in [-0.2, 0) is 9.53 Å². The van der Waals surface area contributed by atoms with Crippen molar-refractivity contribution < 1.29 is 32.3 Å². The van der Waals surface area contributed by atoms with E-state index in [1.54, 1.807) is 0 Å². The van der Waals surface area contributed by atoms with E-state index in [0.717, 1.165) is 12.1 Å². The van der Waals surface area contributed by atoms with Crippen LogP contribution in [0.4, 0.5) is 13.2 Å². The Labute approximate surface area is 207 Å². The number of carbonyl (C=O) groups is 3. The third-order valence-corrected chi connectivity index (χ3v) is 6.87. The number of hydrogen-bond acceptors (Lipinski definition) is 4. The summed E-state index contributed by atoms with van der Waals surface area (Å²) in [4.78, 5) is 42.4. The molecule has 1 N–H and O–H groups in total. The maximum Gasteiger partial charge on any atom is 0.256 e. The van der Waals surface area contributed by atoms with Gasteiger partial charge in [0, 0.05) is 43.6 Å². The van der Waals surface area contributed by atoms with Gasteiger partial charge in [0.05, 0.1) is 12.2 Å². The van der Waals surface area contributed by atoms with Crippen LogP contribution in [0.1, 0.15) is 53.8 Å². The smallest absolute Gasteiger partial charge is 0.256 e. The van der Waals surface area contributed by atoms with Crippen LogP contribution in [0.3, 0.4) is 0 Å². The van der Waals surface area contributed by atoms with Gasteiger partial charge in [-0.25, -0.2) is 13.2 Å². The zero-order chi connectivity index (χ0) is 26.0. The van der Waals surface area contributed by atoms with E-state index < -0.39 is 41.0 Å². The van der Waals surface area contributed by atoms with Crippen LogP contribution in [0.25, 0.3) is 0 Å². The van der Waals surface area contributed by atoms with Crippen molar-refractivity contribution in [1.29, 1.82) is 0 Å². The van der Waals surface area contributed by atoms with Crippen LogP contribution in [-0.4, -0.2) is 65.0 Å². The van der Waals surface area contributed by atoms with Gasteiger partial charge in [0.25, 0.3) is 11.8 Å². The number of carbonyl (C=O) groups excluding carboxylic acids is 3. The molecule has 10 heteroatoms. The first-order chi connectivity index (χ1) is 17.1. The van der Waals surface area contributed by atoms with Gasteiger partial charge in [-0.1, -0.05) is 6.92 Å². The lowest BCUT2D eigenvalue weighted by atomic mass is 9.96. The summed E-state index contributed by atoms with van der Waals surface area (Å²) in [6.07, 6.45) is 1.07. The number of nitrogens with zero attached hydrogens (tertiary/aromatic N) is 2. The van der Waals surface area contributed by atoms with Crippen molar-refractivity contribution in [3.05, 3.63) is 71.0 Å². The fraction of sp³-hybridized carbons (Fsp3) is 0.423. The van der Waals surface area contributed by atoms with Crippen molar-refractivity contribution in [2.45, 2.75) is 50.9 Å². The van der Waals surface area contributed by atoms with Gasteiger partial charge in [-0.2, -0.15) is 0 Å². The fourth-order valence-corrected chi connectivity index (χ4v) is 4.63. The molecule has 0 radical (unpaired) electrons. The highest BCUT2D eigenvalue weighted by molar-refractivity contribution is 5.98. The lowest BCUT2D eigenvalue weighted by molar-refractivity contribution is -0.128. The molecular formula is C26H28F3N3O4. The minimum Gasteiger partial charge on any atom is -0.353 e. The Bertz CT molecular complexity index is 1150. The molecule has 2 saturated heterocycles. The molecule has 2 aromatic rings. The molecule has 2 aliphatic heterocycles. The molecule has 1 spiro atoms. The normalized spacial score (nSPS) is 19.9. The van der Waals surface area contributed by atoms with Gasteiger partial charge in [0.2, 0.25) is 5.91 Å². The number of hydrogen-bond donors (Lipinski definition) is 1. The van der Waals surface area contributed by atoms with E-state index in [1.807, 2.05) is 13.8 Å². The molecule has 2 atom stereocenters. The van der Waals surface area contributed by atoms with Gasteiger partial charge in [0.15, 0.2) is 0 Å². The topological polar surface area (TPSA) is 79.0 Å². The summed E-state index contributed by atoms with van der Waals surface area (Å²) in [5.74, 6) is -3.66. The first kappa shape index (κ1) is 25.7. The molecule has 2 aromatic carbocycles. The molecule has 0 bridgehead atoms. The zero-order valence-corrected chi connectivity index (χ0v) is 20.1. The molecule has 4 rings (SSSR count). The van der Waals surface area contributed by atoms with Gasteiger partial charge in [-0.05, 0) is 49.7 Å². The molecule has 2 heterocycles. The molecule has 2 aliphatic rings. The number of benzene rings is 2. The van der Waals surface area contributed by atoms with E-state index in [-0.39, 0.29) is 55.6 Å². The highest BCUT2D eigenvalue weighted by Gasteiger charge is 2.54. The number of likely N-dealkylation sites (tertiary alicyclic amines) is 1. The van der Waals surface area contributed by atoms with E-state index in [0.29, 0.717) is 12.5 Å². The maximum atomic E-state index is 14.2. The first-order valence-corrected chi connectivity index (χ1v) is 11.9. The van der Waals surface area contributed by atoms with E-state index >= 15 is 0 Å². The van der Waals surface area contributed by atoms with Crippen molar-refractivity contribution in [1.82, 2.24) is 15.1 Å². The average Bonchev–Trinajstić information content (AvgIpc) is 3.22. The molecule has 0 aliphatic carbocycles. The van der Waals surface area contributed by atoms with Crippen molar-refractivity contribution >= 4 is 17.7 Å². The van der Waals surface area contributed by atoms with E-state index in [1.165, 1.54) is 34.1 Å². The number of nitrogens with one attached hydrogen (secondary N) is 1. The van der Waals surface area contributed by atoms with Gasteiger partial charge >= 0.3 is 0 Å². The SMILES string of the molecule is CCC(C)NC(=O)C1COC2(CCN(C(=O)c3ccc(F)cc3F)CC2)N1C(=O)c1ccc(F)cc1. The summed E-state index contributed by atoms with van der Waals surface area (Å²) in [6.45, 7) is 4.00. The molecule has 192 valence electrons. The predicted octanol–water partition coefficient (Wildman–Crippen LogP) is 3.49. The van der Waals surface area contributed by atoms with Gasteiger partial charge in [-0.3, -0.25) is 19.3 Å². The van der Waals surface area contributed by atoms with Crippen molar-refractivity contribution in [2.24, 2.45) is 0 Å². The van der Waals surface area contributed by atoms with Gasteiger partial charge in [0.1, 0.15) is 29.2 Å². The number of amides is 3. The van der Waals surface area contributed by atoms with Crippen molar-refractivity contribution in [3.63, 3.8) is 0 Å². The third-order valence-electron chi connectivity index (χ3n) is 6.87. The van der Waals surface area contributed by atoms with E-state index in [2.05, 4.69) is 5.32 Å². The molecule has 0 aromatic heterocycles. The van der Waals surface area contributed by atoms with Gasteiger partial charge < -0.3 is 15.0 Å². The largest absolute Gasteiger partial charge is 0.353 e. The van der Waals surface area contributed by atoms with Gasteiger partial charge in [-0.15, -0.1) is 0 Å². The Balaban J connectivity index is 1.58. The molecule has 3 amide bonds. The Kier molecular flexibility index (Phi) is 7.35. The summed E-state index contributed by atoms with van der Waals surface area (Å²) in [6, 6.07) is 6.80.